The van der Waals surface area contributed by atoms with E-state index in [0.29, 0.717) is 0 Å². The van der Waals surface area contributed by atoms with Crippen molar-refractivity contribution in [2.75, 3.05) is 0 Å². The number of rotatable bonds is 0. The van der Waals surface area contributed by atoms with E-state index < -0.39 is 0 Å². The average Bonchev–Trinajstić information content (AvgIpc) is 2.95. The molecule has 0 aromatic carbocycles. The van der Waals surface area contributed by atoms with Gasteiger partial charge < -0.3 is 0 Å². The lowest BCUT2D eigenvalue weighted by Gasteiger charge is -2.47. The van der Waals surface area contributed by atoms with E-state index in [1.165, 1.54) is 19.3 Å². The lowest BCUT2D eigenvalue weighted by molar-refractivity contribution is 0.0556. The van der Waals surface area contributed by atoms with Crippen LogP contribution in [-0.2, 0) is 0 Å². The SMILES string of the molecule is CC1=C2CCC3C4CCCC4CC[C@H]3C2CC1. The van der Waals surface area contributed by atoms with Crippen molar-refractivity contribution in [2.45, 2.75) is 64.7 Å². The van der Waals surface area contributed by atoms with Gasteiger partial charge in [-0.3, -0.25) is 0 Å². The molecule has 3 fully saturated rings. The Morgan fingerprint density at radius 1 is 0.765 bits per heavy atom. The standard InChI is InChI=1S/C17H26/c1-11-5-7-15-13(11)9-10-16-14-4-2-3-12(14)6-8-17(15)16/h12,14-17H,2-10H2,1H3/t12?,14?,15?,16?,17-/m0/s1. The minimum Gasteiger partial charge on any atom is -0.0738 e. The van der Waals surface area contributed by atoms with Gasteiger partial charge >= 0.3 is 0 Å². The molecule has 0 N–H and O–H groups in total. The topological polar surface area (TPSA) is 0 Å². The van der Waals surface area contributed by atoms with Gasteiger partial charge in [0.1, 0.15) is 0 Å². The Morgan fingerprint density at radius 3 is 2.65 bits per heavy atom. The van der Waals surface area contributed by atoms with Gasteiger partial charge in [0.15, 0.2) is 0 Å². The van der Waals surface area contributed by atoms with Crippen LogP contribution in [0.4, 0.5) is 0 Å². The summed E-state index contributed by atoms with van der Waals surface area (Å²) in [6.45, 7) is 2.41. The van der Waals surface area contributed by atoms with Crippen LogP contribution in [0.1, 0.15) is 64.7 Å². The predicted molar refractivity (Wildman–Crippen MR) is 71.7 cm³/mol. The molecule has 0 saturated heterocycles. The third kappa shape index (κ3) is 1.48. The summed E-state index contributed by atoms with van der Waals surface area (Å²) < 4.78 is 0. The van der Waals surface area contributed by atoms with Gasteiger partial charge in [-0.2, -0.15) is 0 Å². The quantitative estimate of drug-likeness (QED) is 0.517. The second-order valence-corrected chi connectivity index (χ2v) is 7.25. The van der Waals surface area contributed by atoms with Crippen LogP contribution in [0.2, 0.25) is 0 Å². The summed E-state index contributed by atoms with van der Waals surface area (Å²) in [5.41, 5.74) is 3.70. The predicted octanol–water partition coefficient (Wildman–Crippen LogP) is 4.95. The van der Waals surface area contributed by atoms with Crippen LogP contribution in [0.3, 0.4) is 0 Å². The van der Waals surface area contributed by atoms with Gasteiger partial charge in [0, 0.05) is 0 Å². The highest BCUT2D eigenvalue weighted by Crippen LogP contribution is 2.58. The molecule has 3 saturated carbocycles. The zero-order valence-electron chi connectivity index (χ0n) is 11.3. The summed E-state index contributed by atoms with van der Waals surface area (Å²) in [6.07, 6.45) is 13.8. The molecule has 17 heavy (non-hydrogen) atoms. The molecule has 0 spiro atoms. The number of allylic oxidation sites excluding steroid dienone is 2. The van der Waals surface area contributed by atoms with Crippen molar-refractivity contribution in [3.8, 4) is 0 Å². The van der Waals surface area contributed by atoms with E-state index in [9.17, 15) is 0 Å². The summed E-state index contributed by atoms with van der Waals surface area (Å²) in [4.78, 5) is 0. The highest BCUT2D eigenvalue weighted by atomic mass is 14.5. The molecule has 4 unspecified atom stereocenters. The largest absolute Gasteiger partial charge is 0.0738 e. The maximum atomic E-state index is 2.41. The first-order valence-electron chi connectivity index (χ1n) is 8.03. The van der Waals surface area contributed by atoms with Gasteiger partial charge in [0.25, 0.3) is 0 Å². The highest BCUT2D eigenvalue weighted by Gasteiger charge is 2.47. The molecule has 0 aromatic heterocycles. The third-order valence-electron chi connectivity index (χ3n) is 6.78. The van der Waals surface area contributed by atoms with Gasteiger partial charge in [0.05, 0.1) is 0 Å². The van der Waals surface area contributed by atoms with Gasteiger partial charge in [-0.1, -0.05) is 24.0 Å². The van der Waals surface area contributed by atoms with Crippen LogP contribution in [0, 0.1) is 29.6 Å². The van der Waals surface area contributed by atoms with Crippen molar-refractivity contribution in [3.63, 3.8) is 0 Å². The van der Waals surface area contributed by atoms with E-state index in [1.807, 2.05) is 5.57 Å². The van der Waals surface area contributed by atoms with Crippen LogP contribution in [0.25, 0.3) is 0 Å². The molecule has 0 heteroatoms. The van der Waals surface area contributed by atoms with Gasteiger partial charge in [0.2, 0.25) is 0 Å². The summed E-state index contributed by atoms with van der Waals surface area (Å²) in [5.74, 6) is 5.57. The third-order valence-corrected chi connectivity index (χ3v) is 6.78. The zero-order chi connectivity index (χ0) is 11.4. The molecule has 4 aliphatic carbocycles. The fourth-order valence-corrected chi connectivity index (χ4v) is 6.07. The fourth-order valence-electron chi connectivity index (χ4n) is 6.07. The molecule has 0 amide bonds. The minimum atomic E-state index is 1.04. The first-order valence-corrected chi connectivity index (χ1v) is 8.03. The normalized spacial score (nSPS) is 48.9. The van der Waals surface area contributed by atoms with Crippen molar-refractivity contribution in [1.82, 2.24) is 0 Å². The molecule has 0 aliphatic heterocycles. The smallest absolute Gasteiger partial charge is 0.0166 e. The molecule has 0 heterocycles. The van der Waals surface area contributed by atoms with Gasteiger partial charge in [-0.25, -0.2) is 0 Å². The molecule has 0 bridgehead atoms. The van der Waals surface area contributed by atoms with E-state index >= 15 is 0 Å². The lowest BCUT2D eigenvalue weighted by atomic mass is 9.58. The first kappa shape index (κ1) is 10.6. The van der Waals surface area contributed by atoms with Crippen LogP contribution in [-0.4, -0.2) is 0 Å². The van der Waals surface area contributed by atoms with Crippen LogP contribution in [0.15, 0.2) is 11.1 Å². The van der Waals surface area contributed by atoms with Gasteiger partial charge in [-0.15, -0.1) is 0 Å². The molecule has 5 atom stereocenters. The molecule has 94 valence electrons. The Kier molecular flexibility index (Phi) is 2.42. The summed E-state index contributed by atoms with van der Waals surface area (Å²) in [6, 6.07) is 0. The number of fused-ring (bicyclic) bond motifs is 5. The molecule has 0 aromatic rings. The minimum absolute atomic E-state index is 1.04. The Morgan fingerprint density at radius 2 is 1.71 bits per heavy atom. The van der Waals surface area contributed by atoms with Crippen molar-refractivity contribution in [2.24, 2.45) is 29.6 Å². The first-order chi connectivity index (χ1) is 8.34. The molecular formula is C17H26. The van der Waals surface area contributed by atoms with E-state index in [0.717, 1.165) is 29.6 Å². The summed E-state index contributed by atoms with van der Waals surface area (Å²) >= 11 is 0. The Labute approximate surface area is 106 Å². The average molecular weight is 230 g/mol. The lowest BCUT2D eigenvalue weighted by Crippen LogP contribution is -2.38. The van der Waals surface area contributed by atoms with Crippen molar-refractivity contribution < 1.29 is 0 Å². The van der Waals surface area contributed by atoms with E-state index in [1.54, 1.807) is 44.1 Å². The summed E-state index contributed by atoms with van der Waals surface area (Å²) in [5, 5.41) is 0. The monoisotopic (exact) mass is 230 g/mol. The highest BCUT2D eigenvalue weighted by molar-refractivity contribution is 5.25. The zero-order valence-corrected chi connectivity index (χ0v) is 11.3. The molecular weight excluding hydrogens is 204 g/mol. The van der Waals surface area contributed by atoms with Gasteiger partial charge in [-0.05, 0) is 81.5 Å². The maximum absolute atomic E-state index is 2.41. The molecule has 0 nitrogen and oxygen atoms in total. The number of hydrogen-bond acceptors (Lipinski definition) is 0. The number of hydrogen-bond donors (Lipinski definition) is 0. The van der Waals surface area contributed by atoms with Crippen molar-refractivity contribution in [3.05, 3.63) is 11.1 Å². The molecule has 0 radical (unpaired) electrons. The van der Waals surface area contributed by atoms with Crippen LogP contribution in [0.5, 0.6) is 0 Å². The molecule has 4 rings (SSSR count). The van der Waals surface area contributed by atoms with E-state index in [4.69, 9.17) is 0 Å². The van der Waals surface area contributed by atoms with E-state index in [2.05, 4.69) is 6.92 Å². The van der Waals surface area contributed by atoms with Crippen molar-refractivity contribution in [1.29, 1.82) is 0 Å². The second-order valence-electron chi connectivity index (χ2n) is 7.25. The molecule has 4 aliphatic rings. The van der Waals surface area contributed by atoms with Crippen LogP contribution >= 0.6 is 0 Å². The van der Waals surface area contributed by atoms with E-state index in [-0.39, 0.29) is 0 Å². The second kappa shape index (κ2) is 3.87. The maximum Gasteiger partial charge on any atom is -0.0166 e. The van der Waals surface area contributed by atoms with Crippen LogP contribution < -0.4 is 0 Å². The Bertz CT molecular complexity index is 351. The Balaban J connectivity index is 1.62. The summed E-state index contributed by atoms with van der Waals surface area (Å²) in [7, 11) is 0. The fraction of sp³-hybridized carbons (Fsp3) is 0.882. The Hall–Kier alpha value is -0.260. The van der Waals surface area contributed by atoms with Crippen molar-refractivity contribution >= 4 is 0 Å².